The number of aliphatic hydroxyl groups is 1. The average Bonchev–Trinajstić information content (AvgIpc) is 2.48. The normalized spacial score (nSPS) is 27.5. The van der Waals surface area contributed by atoms with Crippen molar-refractivity contribution in [2.45, 2.75) is 39.6 Å². The molecule has 78 valence electrons. The third-order valence-corrected chi connectivity index (χ3v) is 2.66. The maximum Gasteiger partial charge on any atom is 0.173 e. The maximum absolute atomic E-state index is 8.96. The van der Waals surface area contributed by atoms with Crippen LogP contribution in [0.25, 0.3) is 0 Å². The summed E-state index contributed by atoms with van der Waals surface area (Å²) in [5.74, 6) is 0.126. The zero-order valence-corrected chi connectivity index (χ0v) is 8.91. The fourth-order valence-electron chi connectivity index (χ4n) is 1.91. The fraction of sp³-hybridized carbons (Fsp3) is 1.00. The number of rotatable bonds is 3. The predicted octanol–water partition coefficient (Wildman–Crippen LogP) is 1.40. The van der Waals surface area contributed by atoms with Gasteiger partial charge >= 0.3 is 0 Å². The first kappa shape index (κ1) is 11.0. The van der Waals surface area contributed by atoms with Crippen molar-refractivity contribution in [1.29, 1.82) is 0 Å². The van der Waals surface area contributed by atoms with Crippen LogP contribution in [0, 0.1) is 11.8 Å². The second-order valence-electron chi connectivity index (χ2n) is 4.26. The van der Waals surface area contributed by atoms with Crippen molar-refractivity contribution in [2.24, 2.45) is 11.8 Å². The predicted molar refractivity (Wildman–Crippen MR) is 50.3 cm³/mol. The number of hydrogen-bond donors (Lipinski definition) is 1. The van der Waals surface area contributed by atoms with Gasteiger partial charge in [-0.1, -0.05) is 27.7 Å². The topological polar surface area (TPSA) is 38.7 Å². The SMILES string of the molecule is CC(C)C1(C(C)C)OC[C@@H](CO)O1. The molecule has 3 heteroatoms. The van der Waals surface area contributed by atoms with Gasteiger partial charge in [0, 0.05) is 11.8 Å². The van der Waals surface area contributed by atoms with Crippen LogP contribution in [-0.2, 0) is 9.47 Å². The molecule has 1 aliphatic heterocycles. The van der Waals surface area contributed by atoms with E-state index in [0.717, 1.165) is 0 Å². The van der Waals surface area contributed by atoms with Gasteiger partial charge < -0.3 is 14.6 Å². The van der Waals surface area contributed by atoms with Gasteiger partial charge in [0.15, 0.2) is 5.79 Å². The Labute approximate surface area is 80.0 Å². The Morgan fingerprint density at radius 3 is 2.08 bits per heavy atom. The lowest BCUT2D eigenvalue weighted by Gasteiger charge is -2.35. The standard InChI is InChI=1S/C10H20O3/c1-7(2)10(8(3)4)12-6-9(5-11)13-10/h7-9,11H,5-6H2,1-4H3/t9-/m1/s1. The zero-order chi connectivity index (χ0) is 10.1. The van der Waals surface area contributed by atoms with Crippen LogP contribution in [-0.4, -0.2) is 30.2 Å². The van der Waals surface area contributed by atoms with E-state index in [1.165, 1.54) is 0 Å². The highest BCUT2D eigenvalue weighted by atomic mass is 16.7. The summed E-state index contributed by atoms with van der Waals surface area (Å²) in [4.78, 5) is 0. The average molecular weight is 188 g/mol. The molecule has 0 radical (unpaired) electrons. The number of ether oxygens (including phenoxy) is 2. The zero-order valence-electron chi connectivity index (χ0n) is 8.91. The van der Waals surface area contributed by atoms with Gasteiger partial charge in [-0.3, -0.25) is 0 Å². The molecule has 0 amide bonds. The molecule has 3 nitrogen and oxygen atoms in total. The van der Waals surface area contributed by atoms with Crippen molar-refractivity contribution in [3.8, 4) is 0 Å². The van der Waals surface area contributed by atoms with Gasteiger partial charge in [0.1, 0.15) is 6.10 Å². The summed E-state index contributed by atoms with van der Waals surface area (Å²) in [6, 6.07) is 0. The molecule has 1 saturated heterocycles. The first-order chi connectivity index (χ1) is 6.03. The van der Waals surface area contributed by atoms with Gasteiger partial charge in [-0.2, -0.15) is 0 Å². The Morgan fingerprint density at radius 2 is 1.85 bits per heavy atom. The Kier molecular flexibility index (Phi) is 3.33. The minimum Gasteiger partial charge on any atom is -0.394 e. The van der Waals surface area contributed by atoms with E-state index in [2.05, 4.69) is 27.7 Å². The molecule has 1 N–H and O–H groups in total. The van der Waals surface area contributed by atoms with E-state index < -0.39 is 5.79 Å². The Morgan fingerprint density at radius 1 is 1.31 bits per heavy atom. The van der Waals surface area contributed by atoms with Gasteiger partial charge in [0.25, 0.3) is 0 Å². The third kappa shape index (κ3) is 1.87. The third-order valence-electron chi connectivity index (χ3n) is 2.66. The van der Waals surface area contributed by atoms with E-state index in [9.17, 15) is 0 Å². The second kappa shape index (κ2) is 3.95. The van der Waals surface area contributed by atoms with Crippen LogP contribution in [0.4, 0.5) is 0 Å². The molecule has 0 aromatic heterocycles. The van der Waals surface area contributed by atoms with Crippen LogP contribution in [0.1, 0.15) is 27.7 Å². The van der Waals surface area contributed by atoms with E-state index in [0.29, 0.717) is 18.4 Å². The molecule has 0 bridgehead atoms. The lowest BCUT2D eigenvalue weighted by Crippen LogP contribution is -2.42. The summed E-state index contributed by atoms with van der Waals surface area (Å²) in [6.07, 6.45) is -0.148. The molecule has 1 heterocycles. The first-order valence-electron chi connectivity index (χ1n) is 4.95. The monoisotopic (exact) mass is 188 g/mol. The van der Waals surface area contributed by atoms with E-state index in [1.807, 2.05) is 0 Å². The van der Waals surface area contributed by atoms with Crippen LogP contribution in [0.2, 0.25) is 0 Å². The van der Waals surface area contributed by atoms with Crippen LogP contribution in [0.3, 0.4) is 0 Å². The van der Waals surface area contributed by atoms with E-state index in [4.69, 9.17) is 14.6 Å². The summed E-state index contributed by atoms with van der Waals surface area (Å²) >= 11 is 0. The summed E-state index contributed by atoms with van der Waals surface area (Å²) in [5.41, 5.74) is 0. The molecule has 0 saturated carbocycles. The van der Waals surface area contributed by atoms with Gasteiger partial charge in [0.2, 0.25) is 0 Å². The molecule has 0 aromatic carbocycles. The molecule has 1 rings (SSSR count). The highest BCUT2D eigenvalue weighted by molar-refractivity contribution is 4.84. The molecule has 1 aliphatic rings. The van der Waals surface area contributed by atoms with Crippen molar-refractivity contribution < 1.29 is 14.6 Å². The summed E-state index contributed by atoms with van der Waals surface area (Å²) in [5, 5.41) is 8.96. The molecular weight excluding hydrogens is 168 g/mol. The summed E-state index contributed by atoms with van der Waals surface area (Å²) < 4.78 is 11.4. The van der Waals surface area contributed by atoms with E-state index in [-0.39, 0.29) is 12.7 Å². The maximum atomic E-state index is 8.96. The van der Waals surface area contributed by atoms with Crippen molar-refractivity contribution in [3.05, 3.63) is 0 Å². The fourth-order valence-corrected chi connectivity index (χ4v) is 1.91. The number of hydrogen-bond acceptors (Lipinski definition) is 3. The molecule has 1 fully saturated rings. The lowest BCUT2D eigenvalue weighted by molar-refractivity contribution is -0.227. The van der Waals surface area contributed by atoms with E-state index >= 15 is 0 Å². The van der Waals surface area contributed by atoms with Crippen molar-refractivity contribution >= 4 is 0 Å². The lowest BCUT2D eigenvalue weighted by atomic mass is 9.91. The Hall–Kier alpha value is -0.120. The van der Waals surface area contributed by atoms with Crippen LogP contribution in [0.15, 0.2) is 0 Å². The Balaban J connectivity index is 2.72. The molecule has 0 aromatic rings. The van der Waals surface area contributed by atoms with Gasteiger partial charge in [0.05, 0.1) is 13.2 Å². The first-order valence-corrected chi connectivity index (χ1v) is 4.95. The largest absolute Gasteiger partial charge is 0.394 e. The minimum absolute atomic E-state index is 0.0428. The van der Waals surface area contributed by atoms with Crippen LogP contribution < -0.4 is 0 Å². The van der Waals surface area contributed by atoms with Crippen molar-refractivity contribution in [3.63, 3.8) is 0 Å². The summed E-state index contributed by atoms with van der Waals surface area (Å²) in [7, 11) is 0. The summed E-state index contributed by atoms with van der Waals surface area (Å²) in [6.45, 7) is 8.88. The molecular formula is C10H20O3. The molecule has 13 heavy (non-hydrogen) atoms. The quantitative estimate of drug-likeness (QED) is 0.727. The molecule has 0 spiro atoms. The highest BCUT2D eigenvalue weighted by Gasteiger charge is 2.46. The van der Waals surface area contributed by atoms with Crippen LogP contribution >= 0.6 is 0 Å². The van der Waals surface area contributed by atoms with Gasteiger partial charge in [-0.25, -0.2) is 0 Å². The van der Waals surface area contributed by atoms with Crippen molar-refractivity contribution in [2.75, 3.05) is 13.2 Å². The highest BCUT2D eigenvalue weighted by Crippen LogP contribution is 2.37. The Bertz CT molecular complexity index is 158. The van der Waals surface area contributed by atoms with Gasteiger partial charge in [-0.05, 0) is 0 Å². The van der Waals surface area contributed by atoms with Gasteiger partial charge in [-0.15, -0.1) is 0 Å². The second-order valence-corrected chi connectivity index (χ2v) is 4.26. The smallest absolute Gasteiger partial charge is 0.173 e. The number of aliphatic hydroxyl groups excluding tert-OH is 1. The van der Waals surface area contributed by atoms with E-state index in [1.54, 1.807) is 0 Å². The molecule has 0 unspecified atom stereocenters. The van der Waals surface area contributed by atoms with Crippen LogP contribution in [0.5, 0.6) is 0 Å². The minimum atomic E-state index is -0.493. The molecule has 1 atom stereocenters. The van der Waals surface area contributed by atoms with Crippen molar-refractivity contribution in [1.82, 2.24) is 0 Å². The molecule has 0 aliphatic carbocycles.